The maximum atomic E-state index is 12.0. The predicted octanol–water partition coefficient (Wildman–Crippen LogP) is 3.13. The van der Waals surface area contributed by atoms with E-state index in [1.165, 1.54) is 0 Å². The van der Waals surface area contributed by atoms with Crippen molar-refractivity contribution in [2.45, 2.75) is 39.2 Å². The third-order valence-electron chi connectivity index (χ3n) is 2.92. The Balaban J connectivity index is 2.37. The van der Waals surface area contributed by atoms with Crippen LogP contribution in [-0.4, -0.2) is 42.8 Å². The first kappa shape index (κ1) is 16.5. The Morgan fingerprint density at radius 2 is 2.21 bits per heavy atom. The number of hydrogen-bond acceptors (Lipinski definition) is 3. The molecule has 5 heteroatoms. The molecule has 0 bridgehead atoms. The molecule has 1 rings (SSSR count). The van der Waals surface area contributed by atoms with E-state index in [1.807, 2.05) is 25.7 Å². The summed E-state index contributed by atoms with van der Waals surface area (Å²) in [6.45, 7) is 12.7. The van der Waals surface area contributed by atoms with E-state index >= 15 is 0 Å². The molecule has 1 amide bonds. The second-order valence-corrected chi connectivity index (χ2v) is 7.20. The Kier molecular flexibility index (Phi) is 6.33. The highest BCUT2D eigenvalue weighted by atomic mass is 79.9. The summed E-state index contributed by atoms with van der Waals surface area (Å²) in [7, 11) is 0. The molecule has 0 spiro atoms. The van der Waals surface area contributed by atoms with E-state index in [0.717, 1.165) is 43.5 Å². The molecule has 110 valence electrons. The number of hydrogen-bond donors (Lipinski definition) is 1. The van der Waals surface area contributed by atoms with E-state index in [1.54, 1.807) is 0 Å². The van der Waals surface area contributed by atoms with Gasteiger partial charge in [-0.15, -0.1) is 0 Å². The highest BCUT2D eigenvalue weighted by Crippen LogP contribution is 2.18. The van der Waals surface area contributed by atoms with Crippen LogP contribution in [0.5, 0.6) is 0 Å². The highest BCUT2D eigenvalue weighted by Gasteiger charge is 2.27. The molecular weight excluding hydrogens is 308 g/mol. The van der Waals surface area contributed by atoms with E-state index in [9.17, 15) is 4.79 Å². The molecule has 0 saturated carbocycles. The molecule has 1 N–H and O–H groups in total. The lowest BCUT2D eigenvalue weighted by Gasteiger charge is -2.34. The molecule has 1 saturated heterocycles. The lowest BCUT2D eigenvalue weighted by molar-refractivity contribution is 0.0167. The summed E-state index contributed by atoms with van der Waals surface area (Å²) in [4.78, 5) is 13.8. The van der Waals surface area contributed by atoms with Crippen molar-refractivity contribution >= 4 is 22.0 Å². The Morgan fingerprint density at radius 1 is 1.53 bits per heavy atom. The second-order valence-electron chi connectivity index (χ2n) is 6.08. The molecule has 1 fully saturated rings. The van der Waals surface area contributed by atoms with Crippen molar-refractivity contribution in [2.24, 2.45) is 5.92 Å². The van der Waals surface area contributed by atoms with Crippen LogP contribution in [0.25, 0.3) is 0 Å². The summed E-state index contributed by atoms with van der Waals surface area (Å²) >= 11 is 3.33. The van der Waals surface area contributed by atoms with Gasteiger partial charge in [0.15, 0.2) is 0 Å². The standard InChI is InChI=1S/C14H25BrN2O2/c1-11(15)8-16-9-12-6-5-7-17(10-12)13(18)19-14(2,3)4/h12,16H,1,5-10H2,2-4H3. The first-order valence-corrected chi connectivity index (χ1v) is 7.59. The monoisotopic (exact) mass is 332 g/mol. The van der Waals surface area contributed by atoms with Gasteiger partial charge in [-0.2, -0.15) is 0 Å². The third-order valence-corrected chi connectivity index (χ3v) is 3.20. The SMILES string of the molecule is C=C(Br)CNCC1CCCN(C(=O)OC(C)(C)C)C1. The van der Waals surface area contributed by atoms with Crippen LogP contribution in [0.1, 0.15) is 33.6 Å². The van der Waals surface area contributed by atoms with Crippen LogP contribution in [0, 0.1) is 5.92 Å². The number of rotatable bonds is 4. The number of likely N-dealkylation sites (tertiary alicyclic amines) is 1. The van der Waals surface area contributed by atoms with Gasteiger partial charge in [0.05, 0.1) is 0 Å². The molecule has 0 aliphatic carbocycles. The van der Waals surface area contributed by atoms with Gasteiger partial charge in [-0.25, -0.2) is 4.79 Å². The highest BCUT2D eigenvalue weighted by molar-refractivity contribution is 9.11. The minimum atomic E-state index is -0.421. The van der Waals surface area contributed by atoms with Gasteiger partial charge < -0.3 is 15.0 Å². The van der Waals surface area contributed by atoms with Crippen LogP contribution in [0.2, 0.25) is 0 Å². The zero-order valence-electron chi connectivity index (χ0n) is 12.2. The van der Waals surface area contributed by atoms with Gasteiger partial charge in [0.1, 0.15) is 5.60 Å². The fourth-order valence-corrected chi connectivity index (χ4v) is 2.33. The maximum Gasteiger partial charge on any atom is 0.410 e. The fraction of sp³-hybridized carbons (Fsp3) is 0.786. The lowest BCUT2D eigenvalue weighted by Crippen LogP contribution is -2.45. The van der Waals surface area contributed by atoms with E-state index in [-0.39, 0.29) is 6.09 Å². The molecule has 1 aliphatic rings. The van der Waals surface area contributed by atoms with Crippen molar-refractivity contribution in [3.8, 4) is 0 Å². The number of ether oxygens (including phenoxy) is 1. The van der Waals surface area contributed by atoms with Crippen molar-refractivity contribution < 1.29 is 9.53 Å². The summed E-state index contributed by atoms with van der Waals surface area (Å²) in [6, 6.07) is 0. The maximum absolute atomic E-state index is 12.0. The Labute approximate surface area is 124 Å². The minimum absolute atomic E-state index is 0.192. The molecule has 0 aromatic heterocycles. The third kappa shape index (κ3) is 6.97. The quantitative estimate of drug-likeness (QED) is 0.859. The largest absolute Gasteiger partial charge is 0.444 e. The van der Waals surface area contributed by atoms with E-state index in [0.29, 0.717) is 5.92 Å². The van der Waals surface area contributed by atoms with Crippen LogP contribution in [-0.2, 0) is 4.74 Å². The molecule has 19 heavy (non-hydrogen) atoms. The summed E-state index contributed by atoms with van der Waals surface area (Å²) in [5.41, 5.74) is -0.421. The van der Waals surface area contributed by atoms with Gasteiger partial charge in [0, 0.05) is 24.1 Å². The van der Waals surface area contributed by atoms with E-state index in [4.69, 9.17) is 4.74 Å². The minimum Gasteiger partial charge on any atom is -0.444 e. The normalized spacial score (nSPS) is 20.2. The van der Waals surface area contributed by atoms with E-state index < -0.39 is 5.60 Å². The van der Waals surface area contributed by atoms with Crippen LogP contribution in [0.3, 0.4) is 0 Å². The molecular formula is C14H25BrN2O2. The Morgan fingerprint density at radius 3 is 2.79 bits per heavy atom. The van der Waals surface area contributed by atoms with Gasteiger partial charge in [-0.1, -0.05) is 22.5 Å². The van der Waals surface area contributed by atoms with E-state index in [2.05, 4.69) is 27.8 Å². The van der Waals surface area contributed by atoms with Crippen molar-refractivity contribution in [3.05, 3.63) is 11.1 Å². The van der Waals surface area contributed by atoms with Crippen molar-refractivity contribution in [1.82, 2.24) is 10.2 Å². The molecule has 1 unspecified atom stereocenters. The Hall–Kier alpha value is -0.550. The van der Waals surface area contributed by atoms with Gasteiger partial charge in [-0.3, -0.25) is 0 Å². The van der Waals surface area contributed by atoms with Crippen molar-refractivity contribution in [2.75, 3.05) is 26.2 Å². The average Bonchev–Trinajstić information content (AvgIpc) is 2.26. The van der Waals surface area contributed by atoms with Crippen LogP contribution < -0.4 is 5.32 Å². The topological polar surface area (TPSA) is 41.6 Å². The number of carbonyl (C=O) groups excluding carboxylic acids is 1. The molecule has 1 atom stereocenters. The number of carbonyl (C=O) groups is 1. The summed E-state index contributed by atoms with van der Waals surface area (Å²) < 4.78 is 6.36. The molecule has 0 aromatic rings. The number of halogens is 1. The van der Waals surface area contributed by atoms with Crippen LogP contribution in [0.4, 0.5) is 4.79 Å². The van der Waals surface area contributed by atoms with Crippen molar-refractivity contribution in [1.29, 1.82) is 0 Å². The predicted molar refractivity (Wildman–Crippen MR) is 81.5 cm³/mol. The average molecular weight is 333 g/mol. The van der Waals surface area contributed by atoms with Crippen LogP contribution >= 0.6 is 15.9 Å². The van der Waals surface area contributed by atoms with Gasteiger partial charge in [0.2, 0.25) is 0 Å². The second kappa shape index (κ2) is 7.29. The molecule has 0 aromatic carbocycles. The number of nitrogens with one attached hydrogen (secondary N) is 1. The molecule has 1 heterocycles. The molecule has 0 radical (unpaired) electrons. The molecule has 4 nitrogen and oxygen atoms in total. The van der Waals surface area contributed by atoms with Crippen LogP contribution in [0.15, 0.2) is 11.1 Å². The first-order chi connectivity index (χ1) is 8.78. The van der Waals surface area contributed by atoms with Gasteiger partial charge in [-0.05, 0) is 46.1 Å². The van der Waals surface area contributed by atoms with Gasteiger partial charge in [0.25, 0.3) is 0 Å². The zero-order valence-corrected chi connectivity index (χ0v) is 13.8. The summed E-state index contributed by atoms with van der Waals surface area (Å²) in [5.74, 6) is 0.494. The molecule has 1 aliphatic heterocycles. The summed E-state index contributed by atoms with van der Waals surface area (Å²) in [5, 5.41) is 3.34. The fourth-order valence-electron chi connectivity index (χ4n) is 2.14. The zero-order chi connectivity index (χ0) is 14.5. The number of piperidine rings is 1. The first-order valence-electron chi connectivity index (χ1n) is 6.80. The smallest absolute Gasteiger partial charge is 0.410 e. The lowest BCUT2D eigenvalue weighted by atomic mass is 9.98. The summed E-state index contributed by atoms with van der Waals surface area (Å²) in [6.07, 6.45) is 2.00. The Bertz CT molecular complexity index is 326. The number of amides is 1. The van der Waals surface area contributed by atoms with Gasteiger partial charge >= 0.3 is 6.09 Å². The number of nitrogens with zero attached hydrogens (tertiary/aromatic N) is 1. The van der Waals surface area contributed by atoms with Crippen molar-refractivity contribution in [3.63, 3.8) is 0 Å².